The summed E-state index contributed by atoms with van der Waals surface area (Å²) in [6, 6.07) is 14.4. The molecule has 0 aliphatic carbocycles. The quantitative estimate of drug-likeness (QED) is 0.715. The molecule has 82 valence electrons. The van der Waals surface area contributed by atoms with Gasteiger partial charge >= 0.3 is 0 Å². The molecule has 2 nitrogen and oxygen atoms in total. The molecule has 0 amide bonds. The number of aliphatic imine (C=N–C) groups is 1. The van der Waals surface area contributed by atoms with Crippen molar-refractivity contribution in [3.8, 4) is 0 Å². The van der Waals surface area contributed by atoms with E-state index in [-0.39, 0.29) is 6.04 Å². The van der Waals surface area contributed by atoms with E-state index in [1.54, 1.807) is 12.5 Å². The van der Waals surface area contributed by atoms with Crippen LogP contribution in [0.5, 0.6) is 0 Å². The first-order valence-electron chi connectivity index (χ1n) is 5.45. The Balaban J connectivity index is 1.92. The van der Waals surface area contributed by atoms with E-state index in [9.17, 15) is 0 Å². The summed E-state index contributed by atoms with van der Waals surface area (Å²) in [5.41, 5.74) is 1.31. The topological polar surface area (TPSA) is 25.5 Å². The average Bonchev–Trinajstić information content (AvgIpc) is 2.81. The van der Waals surface area contributed by atoms with E-state index in [4.69, 9.17) is 4.42 Å². The summed E-state index contributed by atoms with van der Waals surface area (Å²) in [6.07, 6.45) is 4.40. The van der Waals surface area contributed by atoms with Crippen LogP contribution in [0, 0.1) is 0 Å². The predicted octanol–water partition coefficient (Wildman–Crippen LogP) is 3.33. The number of hydrogen-bond donors (Lipinski definition) is 0. The van der Waals surface area contributed by atoms with E-state index in [0.29, 0.717) is 0 Å². The fourth-order valence-electron chi connectivity index (χ4n) is 1.57. The summed E-state index contributed by atoms with van der Waals surface area (Å²) in [6.45, 7) is 2.10. The van der Waals surface area contributed by atoms with Crippen LogP contribution in [-0.4, -0.2) is 12.3 Å². The Morgan fingerprint density at radius 2 is 2.00 bits per heavy atom. The molecular formula is C14H15NO. The van der Waals surface area contributed by atoms with Crippen LogP contribution in [0.4, 0.5) is 0 Å². The highest BCUT2D eigenvalue weighted by Gasteiger charge is 2.00. The fourth-order valence-corrected chi connectivity index (χ4v) is 1.57. The Kier molecular flexibility index (Phi) is 3.54. The molecular weight excluding hydrogens is 198 g/mol. The largest absolute Gasteiger partial charge is 0.463 e. The third kappa shape index (κ3) is 3.09. The summed E-state index contributed by atoms with van der Waals surface area (Å²) >= 11 is 0. The van der Waals surface area contributed by atoms with E-state index in [1.807, 2.05) is 18.2 Å². The van der Waals surface area contributed by atoms with Crippen molar-refractivity contribution in [3.05, 3.63) is 60.1 Å². The second-order valence-electron chi connectivity index (χ2n) is 3.83. The minimum absolute atomic E-state index is 0.271. The standard InChI is InChI=1S/C14H15NO/c1-12(10-13-6-3-2-4-7-13)15-11-14-8-5-9-16-14/h2-9,11-12H,10H2,1H3/t12-/m0/s1. The predicted molar refractivity (Wildman–Crippen MR) is 65.9 cm³/mol. The molecule has 0 fully saturated rings. The Hall–Kier alpha value is -1.83. The molecule has 1 atom stereocenters. The van der Waals surface area contributed by atoms with Gasteiger partial charge in [0, 0.05) is 0 Å². The molecule has 2 heteroatoms. The van der Waals surface area contributed by atoms with Crippen molar-refractivity contribution in [2.45, 2.75) is 19.4 Å². The molecule has 0 bridgehead atoms. The molecule has 0 aliphatic heterocycles. The van der Waals surface area contributed by atoms with Gasteiger partial charge in [0.1, 0.15) is 5.76 Å². The highest BCUT2D eigenvalue weighted by atomic mass is 16.3. The van der Waals surface area contributed by atoms with Crippen molar-refractivity contribution >= 4 is 6.21 Å². The van der Waals surface area contributed by atoms with Crippen LogP contribution in [0.1, 0.15) is 18.2 Å². The van der Waals surface area contributed by atoms with E-state index in [0.717, 1.165) is 12.2 Å². The number of benzene rings is 1. The minimum atomic E-state index is 0.271. The zero-order chi connectivity index (χ0) is 11.2. The van der Waals surface area contributed by atoms with E-state index in [1.165, 1.54) is 5.56 Å². The van der Waals surface area contributed by atoms with Gasteiger partial charge in [0.25, 0.3) is 0 Å². The van der Waals surface area contributed by atoms with Crippen molar-refractivity contribution in [2.24, 2.45) is 4.99 Å². The molecule has 0 spiro atoms. The van der Waals surface area contributed by atoms with Crippen LogP contribution >= 0.6 is 0 Å². The third-order valence-corrected chi connectivity index (χ3v) is 2.37. The molecule has 1 heterocycles. The summed E-state index contributed by atoms with van der Waals surface area (Å²) < 4.78 is 5.18. The fraction of sp³-hybridized carbons (Fsp3) is 0.214. The van der Waals surface area contributed by atoms with Crippen LogP contribution < -0.4 is 0 Å². The van der Waals surface area contributed by atoms with Crippen molar-refractivity contribution in [1.29, 1.82) is 0 Å². The number of hydrogen-bond acceptors (Lipinski definition) is 2. The van der Waals surface area contributed by atoms with Crippen LogP contribution in [0.25, 0.3) is 0 Å². The maximum atomic E-state index is 5.18. The van der Waals surface area contributed by atoms with Gasteiger partial charge < -0.3 is 4.42 Å². The van der Waals surface area contributed by atoms with Gasteiger partial charge in [-0.05, 0) is 31.0 Å². The zero-order valence-electron chi connectivity index (χ0n) is 9.34. The van der Waals surface area contributed by atoms with Gasteiger partial charge in [0.05, 0.1) is 18.5 Å². The maximum Gasteiger partial charge on any atom is 0.144 e. The van der Waals surface area contributed by atoms with E-state index >= 15 is 0 Å². The van der Waals surface area contributed by atoms with Gasteiger partial charge in [-0.2, -0.15) is 0 Å². The highest BCUT2D eigenvalue weighted by molar-refractivity contribution is 5.75. The number of rotatable bonds is 4. The van der Waals surface area contributed by atoms with Gasteiger partial charge in [-0.25, -0.2) is 0 Å². The smallest absolute Gasteiger partial charge is 0.144 e. The molecule has 0 saturated carbocycles. The van der Waals surface area contributed by atoms with Gasteiger partial charge in [-0.1, -0.05) is 30.3 Å². The lowest BCUT2D eigenvalue weighted by Crippen LogP contribution is -2.03. The summed E-state index contributed by atoms with van der Waals surface area (Å²) in [5, 5.41) is 0. The van der Waals surface area contributed by atoms with E-state index in [2.05, 4.69) is 36.2 Å². The van der Waals surface area contributed by atoms with Gasteiger partial charge in [0.15, 0.2) is 0 Å². The molecule has 0 saturated heterocycles. The van der Waals surface area contributed by atoms with Crippen LogP contribution in [0.2, 0.25) is 0 Å². The minimum Gasteiger partial charge on any atom is -0.463 e. The van der Waals surface area contributed by atoms with Crippen molar-refractivity contribution in [2.75, 3.05) is 0 Å². The molecule has 2 aromatic rings. The number of furan rings is 1. The first-order valence-corrected chi connectivity index (χ1v) is 5.45. The molecule has 0 unspecified atom stereocenters. The maximum absolute atomic E-state index is 5.18. The summed E-state index contributed by atoms with van der Waals surface area (Å²) in [5.74, 6) is 0.805. The lowest BCUT2D eigenvalue weighted by molar-refractivity contribution is 0.559. The van der Waals surface area contributed by atoms with Crippen molar-refractivity contribution < 1.29 is 4.42 Å². The van der Waals surface area contributed by atoms with Gasteiger partial charge in [0.2, 0.25) is 0 Å². The molecule has 16 heavy (non-hydrogen) atoms. The monoisotopic (exact) mass is 213 g/mol. The molecule has 0 aliphatic rings. The van der Waals surface area contributed by atoms with Crippen molar-refractivity contribution in [1.82, 2.24) is 0 Å². The Morgan fingerprint density at radius 3 is 2.69 bits per heavy atom. The highest BCUT2D eigenvalue weighted by Crippen LogP contribution is 2.05. The van der Waals surface area contributed by atoms with Gasteiger partial charge in [-0.3, -0.25) is 4.99 Å². The van der Waals surface area contributed by atoms with Crippen LogP contribution in [-0.2, 0) is 6.42 Å². The Labute approximate surface area is 95.6 Å². The van der Waals surface area contributed by atoms with Crippen LogP contribution in [0.15, 0.2) is 58.1 Å². The molecule has 2 rings (SSSR count). The average molecular weight is 213 g/mol. The van der Waals surface area contributed by atoms with Crippen LogP contribution in [0.3, 0.4) is 0 Å². The second-order valence-corrected chi connectivity index (χ2v) is 3.83. The summed E-state index contributed by atoms with van der Waals surface area (Å²) in [7, 11) is 0. The molecule has 0 radical (unpaired) electrons. The first kappa shape index (κ1) is 10.7. The zero-order valence-corrected chi connectivity index (χ0v) is 9.34. The van der Waals surface area contributed by atoms with E-state index < -0.39 is 0 Å². The lowest BCUT2D eigenvalue weighted by atomic mass is 10.1. The molecule has 1 aromatic carbocycles. The lowest BCUT2D eigenvalue weighted by Gasteiger charge is -2.05. The van der Waals surface area contributed by atoms with Crippen molar-refractivity contribution in [3.63, 3.8) is 0 Å². The number of nitrogens with zero attached hydrogens (tertiary/aromatic N) is 1. The Bertz CT molecular complexity index is 431. The van der Waals surface area contributed by atoms with Gasteiger partial charge in [-0.15, -0.1) is 0 Å². The first-order chi connectivity index (χ1) is 7.84. The third-order valence-electron chi connectivity index (χ3n) is 2.37. The second kappa shape index (κ2) is 5.31. The normalized spacial score (nSPS) is 13.1. The summed E-state index contributed by atoms with van der Waals surface area (Å²) in [4.78, 5) is 4.44. The molecule has 0 N–H and O–H groups in total. The molecule has 1 aromatic heterocycles. The Morgan fingerprint density at radius 1 is 1.19 bits per heavy atom. The SMILES string of the molecule is C[C@@H](Cc1ccccc1)N=Cc1ccco1.